The summed E-state index contributed by atoms with van der Waals surface area (Å²) in [4.78, 5) is 14.2. The first-order valence-electron chi connectivity index (χ1n) is 7.96. The van der Waals surface area contributed by atoms with Crippen LogP contribution in [-0.4, -0.2) is 37.0 Å². The van der Waals surface area contributed by atoms with Crippen LogP contribution in [0.3, 0.4) is 0 Å². The molecule has 0 unspecified atom stereocenters. The number of halogens is 2. The fourth-order valence-corrected chi connectivity index (χ4v) is 3.63. The number of carbonyl (C=O) groups excluding carboxylic acids is 1. The normalized spacial score (nSPS) is 21.1. The van der Waals surface area contributed by atoms with Gasteiger partial charge in [-0.05, 0) is 62.7 Å². The Morgan fingerprint density at radius 1 is 1.09 bits per heavy atom. The van der Waals surface area contributed by atoms with Gasteiger partial charge in [0, 0.05) is 19.2 Å². The number of nitrogens with one attached hydrogen (secondary N) is 1. The Balaban J connectivity index is 1.71. The van der Waals surface area contributed by atoms with Gasteiger partial charge in [-0.15, -0.1) is 0 Å². The summed E-state index contributed by atoms with van der Waals surface area (Å²) in [6.07, 6.45) is 4.25. The van der Waals surface area contributed by atoms with Gasteiger partial charge in [-0.1, -0.05) is 0 Å². The minimum atomic E-state index is -0.768. The minimum absolute atomic E-state index is 0.0137. The Morgan fingerprint density at radius 2 is 1.73 bits per heavy atom. The number of hydrogen-bond acceptors (Lipinski definition) is 2. The maximum absolute atomic E-state index is 13.9. The Bertz CT molecular complexity index is 572. The van der Waals surface area contributed by atoms with E-state index in [2.05, 4.69) is 5.32 Å². The Morgan fingerprint density at radius 3 is 2.36 bits per heavy atom. The van der Waals surface area contributed by atoms with E-state index in [0.29, 0.717) is 24.1 Å². The van der Waals surface area contributed by atoms with Gasteiger partial charge in [0.05, 0.1) is 5.56 Å². The number of aryl methyl sites for hydroxylation is 1. The SMILES string of the molecule is Cc1cc(C(=O)N2CCC3(CCNCC3)CC2)c(F)cc1F. The number of nitrogens with zero attached hydrogens (tertiary/aromatic N) is 1. The molecule has 2 heterocycles. The largest absolute Gasteiger partial charge is 0.339 e. The first-order valence-corrected chi connectivity index (χ1v) is 7.96. The van der Waals surface area contributed by atoms with Gasteiger partial charge in [0.15, 0.2) is 0 Å². The van der Waals surface area contributed by atoms with Crippen LogP contribution in [0.2, 0.25) is 0 Å². The molecule has 0 aromatic heterocycles. The Hall–Kier alpha value is -1.49. The Labute approximate surface area is 129 Å². The van der Waals surface area contributed by atoms with Gasteiger partial charge in [-0.3, -0.25) is 4.79 Å². The minimum Gasteiger partial charge on any atom is -0.339 e. The quantitative estimate of drug-likeness (QED) is 0.865. The van der Waals surface area contributed by atoms with E-state index in [-0.39, 0.29) is 11.5 Å². The predicted molar refractivity (Wildman–Crippen MR) is 80.8 cm³/mol. The van der Waals surface area contributed by atoms with Crippen molar-refractivity contribution in [3.05, 3.63) is 34.9 Å². The molecule has 1 aromatic rings. The maximum Gasteiger partial charge on any atom is 0.256 e. The lowest BCUT2D eigenvalue weighted by atomic mass is 9.71. The first-order chi connectivity index (χ1) is 10.5. The summed E-state index contributed by atoms with van der Waals surface area (Å²) in [5, 5.41) is 3.37. The van der Waals surface area contributed by atoms with E-state index >= 15 is 0 Å². The smallest absolute Gasteiger partial charge is 0.256 e. The molecule has 22 heavy (non-hydrogen) atoms. The van der Waals surface area contributed by atoms with Crippen molar-refractivity contribution in [2.45, 2.75) is 32.6 Å². The molecule has 0 saturated carbocycles. The summed E-state index contributed by atoms with van der Waals surface area (Å²) < 4.78 is 27.2. The molecule has 3 rings (SSSR count). The number of benzene rings is 1. The van der Waals surface area contributed by atoms with Crippen molar-refractivity contribution in [2.24, 2.45) is 5.41 Å². The second-order valence-electron chi connectivity index (χ2n) is 6.62. The lowest BCUT2D eigenvalue weighted by molar-refractivity contribution is 0.0492. The van der Waals surface area contributed by atoms with Crippen molar-refractivity contribution in [1.82, 2.24) is 10.2 Å². The molecule has 1 N–H and O–H groups in total. The van der Waals surface area contributed by atoms with Crippen LogP contribution in [0.25, 0.3) is 0 Å². The number of rotatable bonds is 1. The van der Waals surface area contributed by atoms with E-state index in [1.54, 1.807) is 11.8 Å². The molecule has 1 amide bonds. The van der Waals surface area contributed by atoms with Gasteiger partial charge < -0.3 is 10.2 Å². The van der Waals surface area contributed by atoms with Crippen LogP contribution >= 0.6 is 0 Å². The molecule has 2 saturated heterocycles. The molecule has 2 fully saturated rings. The second kappa shape index (κ2) is 5.95. The summed E-state index contributed by atoms with van der Waals surface area (Å²) in [5.41, 5.74) is 0.635. The number of likely N-dealkylation sites (tertiary alicyclic amines) is 1. The maximum atomic E-state index is 13.9. The van der Waals surface area contributed by atoms with Crippen molar-refractivity contribution in [2.75, 3.05) is 26.2 Å². The van der Waals surface area contributed by atoms with Crippen molar-refractivity contribution in [3.63, 3.8) is 0 Å². The van der Waals surface area contributed by atoms with Crippen LogP contribution < -0.4 is 5.32 Å². The molecule has 1 aromatic carbocycles. The molecular formula is C17H22F2N2O. The molecule has 5 heteroatoms. The van der Waals surface area contributed by atoms with Crippen LogP contribution in [0.5, 0.6) is 0 Å². The number of carbonyl (C=O) groups is 1. The zero-order valence-corrected chi connectivity index (χ0v) is 12.9. The molecule has 0 atom stereocenters. The highest BCUT2D eigenvalue weighted by molar-refractivity contribution is 5.94. The van der Waals surface area contributed by atoms with E-state index in [1.165, 1.54) is 6.07 Å². The molecule has 2 aliphatic rings. The first kappa shape index (κ1) is 15.4. The average molecular weight is 308 g/mol. The van der Waals surface area contributed by atoms with Crippen LogP contribution in [0.1, 0.15) is 41.6 Å². The lowest BCUT2D eigenvalue weighted by Gasteiger charge is -2.44. The fraction of sp³-hybridized carbons (Fsp3) is 0.588. The third kappa shape index (κ3) is 2.86. The van der Waals surface area contributed by atoms with Gasteiger partial charge >= 0.3 is 0 Å². The van der Waals surface area contributed by atoms with E-state index < -0.39 is 11.6 Å². The van der Waals surface area contributed by atoms with Gasteiger partial charge in [0.2, 0.25) is 0 Å². The van der Waals surface area contributed by atoms with Gasteiger partial charge in [0.1, 0.15) is 11.6 Å². The highest BCUT2D eigenvalue weighted by Crippen LogP contribution is 2.39. The van der Waals surface area contributed by atoms with Crippen molar-refractivity contribution >= 4 is 5.91 Å². The summed E-state index contributed by atoms with van der Waals surface area (Å²) in [6.45, 7) is 4.95. The second-order valence-corrected chi connectivity index (χ2v) is 6.62. The fourth-order valence-electron chi connectivity index (χ4n) is 3.63. The van der Waals surface area contributed by atoms with Crippen LogP contribution in [0.15, 0.2) is 12.1 Å². The zero-order valence-electron chi connectivity index (χ0n) is 12.9. The van der Waals surface area contributed by atoms with Gasteiger partial charge in [0.25, 0.3) is 5.91 Å². The van der Waals surface area contributed by atoms with Gasteiger partial charge in [-0.25, -0.2) is 8.78 Å². The molecule has 2 aliphatic heterocycles. The molecule has 0 aliphatic carbocycles. The summed E-state index contributed by atoms with van der Waals surface area (Å²) >= 11 is 0. The van der Waals surface area contributed by atoms with Crippen molar-refractivity contribution < 1.29 is 13.6 Å². The molecule has 3 nitrogen and oxygen atoms in total. The van der Waals surface area contributed by atoms with E-state index in [0.717, 1.165) is 44.8 Å². The molecule has 0 bridgehead atoms. The van der Waals surface area contributed by atoms with E-state index in [9.17, 15) is 13.6 Å². The topological polar surface area (TPSA) is 32.3 Å². The van der Waals surface area contributed by atoms with E-state index in [4.69, 9.17) is 0 Å². The van der Waals surface area contributed by atoms with Crippen LogP contribution in [0.4, 0.5) is 8.78 Å². The van der Waals surface area contributed by atoms with Crippen LogP contribution in [-0.2, 0) is 0 Å². The molecule has 1 spiro atoms. The summed E-state index contributed by atoms with van der Waals surface area (Å²) in [6, 6.07) is 2.13. The van der Waals surface area contributed by atoms with E-state index in [1.807, 2.05) is 0 Å². The standard InChI is InChI=1S/C17H22F2N2O/c1-12-10-13(15(19)11-14(12)18)16(22)21-8-4-17(5-9-21)2-6-20-7-3-17/h10-11,20H,2-9H2,1H3. The average Bonchev–Trinajstić information content (AvgIpc) is 2.52. The monoisotopic (exact) mass is 308 g/mol. The zero-order chi connectivity index (χ0) is 15.7. The molecular weight excluding hydrogens is 286 g/mol. The highest BCUT2D eigenvalue weighted by atomic mass is 19.1. The summed E-state index contributed by atoms with van der Waals surface area (Å²) in [5.74, 6) is -1.69. The van der Waals surface area contributed by atoms with Crippen molar-refractivity contribution in [3.8, 4) is 0 Å². The third-order valence-corrected chi connectivity index (χ3v) is 5.25. The summed E-state index contributed by atoms with van der Waals surface area (Å²) in [7, 11) is 0. The molecule has 120 valence electrons. The lowest BCUT2D eigenvalue weighted by Crippen LogP contribution is -2.47. The number of piperidine rings is 2. The number of hydrogen-bond donors (Lipinski definition) is 1. The van der Waals surface area contributed by atoms with Crippen LogP contribution in [0, 0.1) is 24.0 Å². The molecule has 0 radical (unpaired) electrons. The number of amides is 1. The predicted octanol–water partition coefficient (Wildman–Crippen LogP) is 2.88. The van der Waals surface area contributed by atoms with Crippen molar-refractivity contribution in [1.29, 1.82) is 0 Å². The highest BCUT2D eigenvalue weighted by Gasteiger charge is 2.37. The third-order valence-electron chi connectivity index (χ3n) is 5.25. The Kier molecular flexibility index (Phi) is 4.17. The van der Waals surface area contributed by atoms with Gasteiger partial charge in [-0.2, -0.15) is 0 Å².